The molecule has 0 N–H and O–H groups in total. The molecule has 1 aromatic heterocycles. The summed E-state index contributed by atoms with van der Waals surface area (Å²) in [7, 11) is 0. The van der Waals surface area contributed by atoms with Gasteiger partial charge >= 0.3 is 0 Å². The summed E-state index contributed by atoms with van der Waals surface area (Å²) in [4.78, 5) is 22.6. The molecule has 2 heterocycles. The zero-order valence-corrected chi connectivity index (χ0v) is 13.6. The number of hydrogen-bond acceptors (Lipinski definition) is 4. The fourth-order valence-corrected chi connectivity index (χ4v) is 2.53. The first-order chi connectivity index (χ1) is 9.73. The fourth-order valence-electron chi connectivity index (χ4n) is 2.53. The highest BCUT2D eigenvalue weighted by atomic mass is 16.5. The molecule has 1 aromatic rings. The lowest BCUT2D eigenvalue weighted by atomic mass is 9.92. The normalized spacial score (nSPS) is 18.9. The summed E-state index contributed by atoms with van der Waals surface area (Å²) in [6, 6.07) is 1.84. The summed E-state index contributed by atoms with van der Waals surface area (Å²) >= 11 is 0. The Morgan fingerprint density at radius 2 is 2.10 bits per heavy atom. The molecule has 0 radical (unpaired) electrons. The predicted octanol–water partition coefficient (Wildman–Crippen LogP) is 2.51. The van der Waals surface area contributed by atoms with Crippen molar-refractivity contribution in [2.45, 2.75) is 53.6 Å². The van der Waals surface area contributed by atoms with E-state index < -0.39 is 0 Å². The van der Waals surface area contributed by atoms with Crippen LogP contribution in [0.15, 0.2) is 6.07 Å². The molecular formula is C16H25N3O2. The molecule has 1 atom stereocenters. The van der Waals surface area contributed by atoms with Gasteiger partial charge in [0.1, 0.15) is 11.9 Å². The van der Waals surface area contributed by atoms with Gasteiger partial charge in [-0.1, -0.05) is 20.8 Å². The maximum Gasteiger partial charge on any atom is 0.223 e. The van der Waals surface area contributed by atoms with Gasteiger partial charge in [0.05, 0.1) is 6.54 Å². The van der Waals surface area contributed by atoms with Gasteiger partial charge in [-0.05, 0) is 19.3 Å². The highest BCUT2D eigenvalue weighted by Gasteiger charge is 2.29. The van der Waals surface area contributed by atoms with Crippen LogP contribution in [0.5, 0.6) is 5.88 Å². The lowest BCUT2D eigenvalue weighted by Crippen LogP contribution is -2.33. The molecule has 1 fully saturated rings. The first kappa shape index (κ1) is 15.7. The largest absolute Gasteiger partial charge is 0.472 e. The molecule has 1 unspecified atom stereocenters. The lowest BCUT2D eigenvalue weighted by molar-refractivity contribution is -0.132. The van der Waals surface area contributed by atoms with Crippen molar-refractivity contribution in [1.82, 2.24) is 14.9 Å². The first-order valence-electron chi connectivity index (χ1n) is 7.50. The average molecular weight is 291 g/mol. The SMILES string of the molecule is Cc1cc(OC2CCN(C(=O)CC(C)(C)C)C2)nc(C)n1. The van der Waals surface area contributed by atoms with Crippen molar-refractivity contribution in [3.63, 3.8) is 0 Å². The zero-order chi connectivity index (χ0) is 15.6. The lowest BCUT2D eigenvalue weighted by Gasteiger charge is -2.23. The van der Waals surface area contributed by atoms with Crippen LogP contribution >= 0.6 is 0 Å². The summed E-state index contributed by atoms with van der Waals surface area (Å²) in [5, 5.41) is 0. The summed E-state index contributed by atoms with van der Waals surface area (Å²) < 4.78 is 5.90. The molecule has 1 saturated heterocycles. The van der Waals surface area contributed by atoms with Crippen LogP contribution in [0, 0.1) is 19.3 Å². The number of nitrogens with zero attached hydrogens (tertiary/aromatic N) is 3. The zero-order valence-electron chi connectivity index (χ0n) is 13.6. The number of carbonyl (C=O) groups is 1. The average Bonchev–Trinajstić information content (AvgIpc) is 2.73. The van der Waals surface area contributed by atoms with Gasteiger partial charge in [-0.15, -0.1) is 0 Å². The summed E-state index contributed by atoms with van der Waals surface area (Å²) in [6.45, 7) is 11.5. The molecule has 0 bridgehead atoms. The highest BCUT2D eigenvalue weighted by molar-refractivity contribution is 5.77. The van der Waals surface area contributed by atoms with Crippen LogP contribution in [0.4, 0.5) is 0 Å². The van der Waals surface area contributed by atoms with Crippen molar-refractivity contribution in [1.29, 1.82) is 0 Å². The van der Waals surface area contributed by atoms with Gasteiger partial charge in [0.25, 0.3) is 0 Å². The third-order valence-electron chi connectivity index (χ3n) is 3.41. The topological polar surface area (TPSA) is 55.3 Å². The van der Waals surface area contributed by atoms with Crippen LogP contribution in [-0.4, -0.2) is 40.0 Å². The number of rotatable bonds is 3. The van der Waals surface area contributed by atoms with Crippen molar-refractivity contribution < 1.29 is 9.53 Å². The third kappa shape index (κ3) is 4.69. The van der Waals surface area contributed by atoms with Crippen LogP contribution in [0.25, 0.3) is 0 Å². The van der Waals surface area contributed by atoms with E-state index in [0.29, 0.717) is 24.7 Å². The Balaban J connectivity index is 1.92. The van der Waals surface area contributed by atoms with Gasteiger partial charge in [0.2, 0.25) is 11.8 Å². The highest BCUT2D eigenvalue weighted by Crippen LogP contribution is 2.23. The van der Waals surface area contributed by atoms with E-state index in [1.165, 1.54) is 0 Å². The van der Waals surface area contributed by atoms with Crippen LogP contribution in [0.3, 0.4) is 0 Å². The second-order valence-electron chi connectivity index (χ2n) is 7.00. The van der Waals surface area contributed by atoms with E-state index in [1.54, 1.807) is 0 Å². The van der Waals surface area contributed by atoms with E-state index in [0.717, 1.165) is 18.7 Å². The van der Waals surface area contributed by atoms with Crippen LogP contribution in [0.1, 0.15) is 45.1 Å². The van der Waals surface area contributed by atoms with E-state index in [4.69, 9.17) is 4.74 Å². The summed E-state index contributed by atoms with van der Waals surface area (Å²) in [5.41, 5.74) is 0.924. The fraction of sp³-hybridized carbons (Fsp3) is 0.688. The third-order valence-corrected chi connectivity index (χ3v) is 3.41. The molecule has 5 nitrogen and oxygen atoms in total. The van der Waals surface area contributed by atoms with E-state index in [2.05, 4.69) is 30.7 Å². The van der Waals surface area contributed by atoms with Crippen LogP contribution in [-0.2, 0) is 4.79 Å². The van der Waals surface area contributed by atoms with Gasteiger partial charge in [-0.3, -0.25) is 4.79 Å². The molecule has 0 saturated carbocycles. The molecule has 1 aliphatic heterocycles. The maximum atomic E-state index is 12.2. The van der Waals surface area contributed by atoms with Crippen molar-refractivity contribution in [2.24, 2.45) is 5.41 Å². The predicted molar refractivity (Wildman–Crippen MR) is 81.2 cm³/mol. The number of aryl methyl sites for hydroxylation is 2. The second kappa shape index (κ2) is 6.00. The Kier molecular flexibility index (Phi) is 4.49. The van der Waals surface area contributed by atoms with E-state index >= 15 is 0 Å². The monoisotopic (exact) mass is 291 g/mol. The number of aromatic nitrogens is 2. The Morgan fingerprint density at radius 1 is 1.38 bits per heavy atom. The van der Waals surface area contributed by atoms with E-state index in [9.17, 15) is 4.79 Å². The smallest absolute Gasteiger partial charge is 0.223 e. The number of ether oxygens (including phenoxy) is 1. The van der Waals surface area contributed by atoms with Crippen molar-refractivity contribution in [2.75, 3.05) is 13.1 Å². The van der Waals surface area contributed by atoms with Crippen LogP contribution < -0.4 is 4.74 Å². The number of carbonyl (C=O) groups excluding carboxylic acids is 1. The molecule has 0 spiro atoms. The van der Waals surface area contributed by atoms with Gasteiger partial charge in [-0.25, -0.2) is 4.98 Å². The maximum absolute atomic E-state index is 12.2. The molecule has 116 valence electrons. The Bertz CT molecular complexity index is 502. The van der Waals surface area contributed by atoms with Gasteiger partial charge in [0, 0.05) is 31.1 Å². The molecular weight excluding hydrogens is 266 g/mol. The number of hydrogen-bond donors (Lipinski definition) is 0. The molecule has 5 heteroatoms. The van der Waals surface area contributed by atoms with E-state index in [1.807, 2.05) is 24.8 Å². The minimum absolute atomic E-state index is 0.0247. The van der Waals surface area contributed by atoms with Crippen molar-refractivity contribution in [3.05, 3.63) is 17.6 Å². The Labute approximate surface area is 126 Å². The summed E-state index contributed by atoms with van der Waals surface area (Å²) in [5.74, 6) is 1.53. The first-order valence-corrected chi connectivity index (χ1v) is 7.50. The molecule has 0 aromatic carbocycles. The van der Waals surface area contributed by atoms with Crippen molar-refractivity contribution >= 4 is 5.91 Å². The molecule has 0 aliphatic carbocycles. The minimum atomic E-state index is 0.0247. The number of likely N-dealkylation sites (tertiary alicyclic amines) is 1. The molecule has 1 amide bonds. The molecule has 2 rings (SSSR count). The molecule has 21 heavy (non-hydrogen) atoms. The van der Waals surface area contributed by atoms with Crippen LogP contribution in [0.2, 0.25) is 0 Å². The Hall–Kier alpha value is -1.65. The van der Waals surface area contributed by atoms with Gasteiger partial charge in [-0.2, -0.15) is 4.98 Å². The Morgan fingerprint density at radius 3 is 2.71 bits per heavy atom. The standard InChI is InChI=1S/C16H25N3O2/c1-11-8-14(18-12(2)17-11)21-13-6-7-19(10-13)15(20)9-16(3,4)5/h8,13H,6-7,9-10H2,1-5H3. The number of amides is 1. The van der Waals surface area contributed by atoms with Gasteiger partial charge in [0.15, 0.2) is 0 Å². The quantitative estimate of drug-likeness (QED) is 0.858. The van der Waals surface area contributed by atoms with Crippen molar-refractivity contribution in [3.8, 4) is 5.88 Å². The second-order valence-corrected chi connectivity index (χ2v) is 7.00. The van der Waals surface area contributed by atoms with E-state index in [-0.39, 0.29) is 17.4 Å². The summed E-state index contributed by atoms with van der Waals surface area (Å²) in [6.07, 6.45) is 1.46. The molecule has 1 aliphatic rings. The van der Waals surface area contributed by atoms with Gasteiger partial charge < -0.3 is 9.64 Å². The minimum Gasteiger partial charge on any atom is -0.472 e.